The molecule has 1 aromatic rings. The predicted molar refractivity (Wildman–Crippen MR) is 80.3 cm³/mol. The first kappa shape index (κ1) is 16.8. The van der Waals surface area contributed by atoms with Crippen molar-refractivity contribution in [2.75, 3.05) is 18.6 Å². The van der Waals surface area contributed by atoms with Crippen LogP contribution in [0.3, 0.4) is 0 Å². The summed E-state index contributed by atoms with van der Waals surface area (Å²) in [6.07, 6.45) is 7.65. The SMILES string of the molecule is CSCCCCCCNS(=O)(=O)c1ncn(C)c1Cl. The summed E-state index contributed by atoms with van der Waals surface area (Å²) < 4.78 is 27.9. The first-order valence-electron chi connectivity index (χ1n) is 6.14. The van der Waals surface area contributed by atoms with Crippen molar-refractivity contribution < 1.29 is 8.42 Å². The zero-order valence-electron chi connectivity index (χ0n) is 11.2. The molecule has 0 atom stereocenters. The lowest BCUT2D eigenvalue weighted by molar-refractivity contribution is 0.571. The van der Waals surface area contributed by atoms with Crippen LogP contribution in [0.1, 0.15) is 25.7 Å². The standard InChI is InChI=1S/C11H20ClN3O2S2/c1-15-9-13-11(10(15)12)19(16,17)14-7-5-3-4-6-8-18-2/h9,14H,3-8H2,1-2H3. The van der Waals surface area contributed by atoms with Crippen molar-refractivity contribution in [1.29, 1.82) is 0 Å². The number of imidazole rings is 1. The summed E-state index contributed by atoms with van der Waals surface area (Å²) in [7, 11) is -1.93. The van der Waals surface area contributed by atoms with Crippen molar-refractivity contribution in [1.82, 2.24) is 14.3 Å². The molecule has 0 aliphatic carbocycles. The number of unbranched alkanes of at least 4 members (excludes halogenated alkanes) is 3. The molecule has 1 aromatic heterocycles. The van der Waals surface area contributed by atoms with Crippen LogP contribution in [0.25, 0.3) is 0 Å². The number of nitrogens with one attached hydrogen (secondary N) is 1. The van der Waals surface area contributed by atoms with E-state index >= 15 is 0 Å². The topological polar surface area (TPSA) is 64.0 Å². The first-order valence-corrected chi connectivity index (χ1v) is 9.40. The highest BCUT2D eigenvalue weighted by Crippen LogP contribution is 2.18. The molecule has 1 rings (SSSR count). The highest BCUT2D eigenvalue weighted by molar-refractivity contribution is 7.98. The molecule has 1 N–H and O–H groups in total. The third kappa shape index (κ3) is 5.33. The van der Waals surface area contributed by atoms with Crippen LogP contribution in [-0.4, -0.2) is 36.5 Å². The van der Waals surface area contributed by atoms with Gasteiger partial charge in [-0.25, -0.2) is 18.1 Å². The van der Waals surface area contributed by atoms with Gasteiger partial charge in [-0.3, -0.25) is 0 Å². The van der Waals surface area contributed by atoms with E-state index in [4.69, 9.17) is 11.6 Å². The van der Waals surface area contributed by atoms with Crippen LogP contribution < -0.4 is 4.72 Å². The lowest BCUT2D eigenvalue weighted by Gasteiger charge is -2.05. The Labute approximate surface area is 124 Å². The van der Waals surface area contributed by atoms with E-state index in [1.165, 1.54) is 17.3 Å². The van der Waals surface area contributed by atoms with E-state index in [0.29, 0.717) is 6.54 Å². The fourth-order valence-electron chi connectivity index (χ4n) is 1.57. The summed E-state index contributed by atoms with van der Waals surface area (Å²) in [6, 6.07) is 0. The van der Waals surface area contributed by atoms with Crippen molar-refractivity contribution >= 4 is 33.4 Å². The third-order valence-electron chi connectivity index (χ3n) is 2.66. The average Bonchev–Trinajstić information content (AvgIpc) is 2.69. The van der Waals surface area contributed by atoms with E-state index < -0.39 is 10.0 Å². The van der Waals surface area contributed by atoms with Gasteiger partial charge in [-0.05, 0) is 24.9 Å². The molecule has 0 aliphatic heterocycles. The lowest BCUT2D eigenvalue weighted by atomic mass is 10.2. The number of sulfonamides is 1. The molecule has 0 fully saturated rings. The Morgan fingerprint density at radius 2 is 2.05 bits per heavy atom. The van der Waals surface area contributed by atoms with Crippen LogP contribution in [0.5, 0.6) is 0 Å². The van der Waals surface area contributed by atoms with Crippen LogP contribution in [0.15, 0.2) is 11.4 Å². The summed E-state index contributed by atoms with van der Waals surface area (Å²) in [5.41, 5.74) is 0. The Hall–Kier alpha value is -0.240. The molecule has 110 valence electrons. The number of aryl methyl sites for hydroxylation is 1. The minimum atomic E-state index is -3.59. The smallest absolute Gasteiger partial charge is 0.261 e. The predicted octanol–water partition coefficient (Wildman–Crippen LogP) is 2.28. The zero-order valence-corrected chi connectivity index (χ0v) is 13.6. The number of thioether (sulfide) groups is 1. The second kappa shape index (κ2) is 8.14. The van der Waals surface area contributed by atoms with Crippen LogP contribution >= 0.6 is 23.4 Å². The Bertz CT molecular complexity index is 488. The fourth-order valence-corrected chi connectivity index (χ4v) is 3.57. The molecule has 0 unspecified atom stereocenters. The minimum absolute atomic E-state index is 0.0981. The van der Waals surface area contributed by atoms with Gasteiger partial charge >= 0.3 is 0 Å². The van der Waals surface area contributed by atoms with Gasteiger partial charge in [-0.1, -0.05) is 24.4 Å². The van der Waals surface area contributed by atoms with Gasteiger partial charge in [0, 0.05) is 13.6 Å². The molecule has 0 saturated heterocycles. The highest BCUT2D eigenvalue weighted by Gasteiger charge is 2.21. The van der Waals surface area contributed by atoms with E-state index in [-0.39, 0.29) is 10.2 Å². The van der Waals surface area contributed by atoms with Gasteiger partial charge in [0.1, 0.15) is 5.15 Å². The second-order valence-corrected chi connectivity index (χ2v) is 7.28. The van der Waals surface area contributed by atoms with Crippen molar-refractivity contribution in [2.45, 2.75) is 30.7 Å². The number of halogens is 1. The van der Waals surface area contributed by atoms with Crippen molar-refractivity contribution in [3.05, 3.63) is 11.5 Å². The summed E-state index contributed by atoms with van der Waals surface area (Å²) >= 11 is 7.70. The van der Waals surface area contributed by atoms with Gasteiger partial charge in [-0.2, -0.15) is 11.8 Å². The van der Waals surface area contributed by atoms with Crippen LogP contribution in [0.2, 0.25) is 5.15 Å². The molecule has 0 spiro atoms. The van der Waals surface area contributed by atoms with E-state index in [2.05, 4.69) is 16.0 Å². The number of hydrogen-bond donors (Lipinski definition) is 1. The van der Waals surface area contributed by atoms with E-state index in [0.717, 1.165) is 25.0 Å². The average molecular weight is 326 g/mol. The van der Waals surface area contributed by atoms with Gasteiger partial charge in [0.05, 0.1) is 6.33 Å². The summed E-state index contributed by atoms with van der Waals surface area (Å²) in [5.74, 6) is 1.16. The number of aromatic nitrogens is 2. The fraction of sp³-hybridized carbons (Fsp3) is 0.727. The van der Waals surface area contributed by atoms with E-state index in [9.17, 15) is 8.42 Å². The Kier molecular flexibility index (Phi) is 7.20. The van der Waals surface area contributed by atoms with Crippen LogP contribution in [-0.2, 0) is 17.1 Å². The van der Waals surface area contributed by atoms with Gasteiger partial charge in [-0.15, -0.1) is 0 Å². The van der Waals surface area contributed by atoms with Crippen LogP contribution in [0, 0.1) is 0 Å². The second-order valence-electron chi connectivity index (χ2n) is 4.26. The molecule has 5 nitrogen and oxygen atoms in total. The molecule has 0 saturated carbocycles. The monoisotopic (exact) mass is 325 g/mol. The Morgan fingerprint density at radius 3 is 2.63 bits per heavy atom. The summed E-state index contributed by atoms with van der Waals surface area (Å²) in [5, 5.41) is 0.0338. The van der Waals surface area contributed by atoms with Crippen LogP contribution in [0.4, 0.5) is 0 Å². The first-order chi connectivity index (χ1) is 8.99. The van der Waals surface area contributed by atoms with Gasteiger partial charge in [0.2, 0.25) is 5.03 Å². The number of rotatable bonds is 9. The lowest BCUT2D eigenvalue weighted by Crippen LogP contribution is -2.25. The minimum Gasteiger partial charge on any atom is -0.324 e. The van der Waals surface area contributed by atoms with E-state index in [1.807, 2.05) is 11.8 Å². The molecule has 0 aromatic carbocycles. The molecule has 1 heterocycles. The molecule has 0 aliphatic rings. The summed E-state index contributed by atoms with van der Waals surface area (Å²) in [4.78, 5) is 3.80. The third-order valence-corrected chi connectivity index (χ3v) is 5.30. The Morgan fingerprint density at radius 1 is 1.37 bits per heavy atom. The number of nitrogens with zero attached hydrogens (tertiary/aromatic N) is 2. The van der Waals surface area contributed by atoms with Crippen molar-refractivity contribution in [3.8, 4) is 0 Å². The quantitative estimate of drug-likeness (QED) is 0.707. The molecular formula is C11H20ClN3O2S2. The maximum Gasteiger partial charge on any atom is 0.261 e. The van der Waals surface area contributed by atoms with E-state index in [1.54, 1.807) is 7.05 Å². The van der Waals surface area contributed by atoms with Crippen molar-refractivity contribution in [3.63, 3.8) is 0 Å². The maximum atomic E-state index is 11.9. The number of hydrogen-bond acceptors (Lipinski definition) is 4. The zero-order chi connectivity index (χ0) is 14.3. The molecule has 0 amide bonds. The largest absolute Gasteiger partial charge is 0.324 e. The normalized spacial score (nSPS) is 11.9. The van der Waals surface area contributed by atoms with Gasteiger partial charge < -0.3 is 4.57 Å². The highest BCUT2D eigenvalue weighted by atomic mass is 35.5. The van der Waals surface area contributed by atoms with Gasteiger partial charge in [0.25, 0.3) is 10.0 Å². The molecule has 8 heteroatoms. The van der Waals surface area contributed by atoms with Gasteiger partial charge in [0.15, 0.2) is 0 Å². The maximum absolute atomic E-state index is 11.9. The summed E-state index contributed by atoms with van der Waals surface area (Å²) in [6.45, 7) is 0.425. The van der Waals surface area contributed by atoms with Crippen molar-refractivity contribution in [2.24, 2.45) is 7.05 Å². The molecular weight excluding hydrogens is 306 g/mol. The molecule has 19 heavy (non-hydrogen) atoms. The molecule has 0 radical (unpaired) electrons. The Balaban J connectivity index is 2.34. The molecule has 0 bridgehead atoms.